The second-order valence-electron chi connectivity index (χ2n) is 5.36. The number of amides is 1. The predicted molar refractivity (Wildman–Crippen MR) is 98.3 cm³/mol. The number of hydrogen-bond acceptors (Lipinski definition) is 4. The fourth-order valence-corrected chi connectivity index (χ4v) is 2.19. The molecule has 9 heteroatoms. The molecule has 0 heterocycles. The van der Waals surface area contributed by atoms with Crippen molar-refractivity contribution in [2.75, 3.05) is 18.5 Å². The number of anilines is 1. The van der Waals surface area contributed by atoms with Gasteiger partial charge in [-0.05, 0) is 55.0 Å². The van der Waals surface area contributed by atoms with Crippen molar-refractivity contribution in [3.63, 3.8) is 0 Å². The summed E-state index contributed by atoms with van der Waals surface area (Å²) in [6.45, 7) is 1.97. The zero-order chi connectivity index (χ0) is 19.2. The molecule has 0 aliphatic carbocycles. The average molecular weight is 405 g/mol. The highest BCUT2D eigenvalue weighted by Crippen LogP contribution is 2.32. The standard InChI is InChI=1S/C18H19F3N2O3.ClH/c1-2-25-15-3-5-16(6-4-15)26-11-17(24)23-14-8-12(10-22)7-13(9-14)18(19,20)21;/h3-9H,2,10-11,22H2,1H3,(H,23,24);1H. The van der Waals surface area contributed by atoms with Crippen molar-refractivity contribution in [3.8, 4) is 11.5 Å². The summed E-state index contributed by atoms with van der Waals surface area (Å²) >= 11 is 0. The number of nitrogens with two attached hydrogens (primary N) is 1. The van der Waals surface area contributed by atoms with E-state index in [0.29, 0.717) is 18.1 Å². The summed E-state index contributed by atoms with van der Waals surface area (Å²) in [5.41, 5.74) is 4.82. The fourth-order valence-electron chi connectivity index (χ4n) is 2.19. The van der Waals surface area contributed by atoms with E-state index in [1.54, 1.807) is 24.3 Å². The molecule has 3 N–H and O–H groups in total. The Morgan fingerprint density at radius 1 is 1.07 bits per heavy atom. The number of halogens is 4. The van der Waals surface area contributed by atoms with Crippen LogP contribution >= 0.6 is 12.4 Å². The van der Waals surface area contributed by atoms with Crippen LogP contribution in [-0.4, -0.2) is 19.1 Å². The molecule has 0 fully saturated rings. The lowest BCUT2D eigenvalue weighted by Crippen LogP contribution is -2.21. The number of carbonyl (C=O) groups is 1. The van der Waals surface area contributed by atoms with E-state index >= 15 is 0 Å². The van der Waals surface area contributed by atoms with Crippen molar-refractivity contribution in [1.29, 1.82) is 0 Å². The summed E-state index contributed by atoms with van der Waals surface area (Å²) in [6.07, 6.45) is -4.52. The van der Waals surface area contributed by atoms with Crippen molar-refractivity contribution >= 4 is 24.0 Å². The van der Waals surface area contributed by atoms with E-state index < -0.39 is 17.6 Å². The molecule has 0 saturated heterocycles. The molecular weight excluding hydrogens is 385 g/mol. The van der Waals surface area contributed by atoms with Crippen molar-refractivity contribution in [3.05, 3.63) is 53.6 Å². The zero-order valence-electron chi connectivity index (χ0n) is 14.5. The van der Waals surface area contributed by atoms with Crippen LogP contribution in [0.5, 0.6) is 11.5 Å². The summed E-state index contributed by atoms with van der Waals surface area (Å²) in [5, 5.41) is 2.39. The maximum atomic E-state index is 12.9. The number of carbonyl (C=O) groups excluding carboxylic acids is 1. The lowest BCUT2D eigenvalue weighted by Gasteiger charge is -2.13. The van der Waals surface area contributed by atoms with E-state index in [-0.39, 0.29) is 36.8 Å². The number of nitrogens with one attached hydrogen (secondary N) is 1. The average Bonchev–Trinajstić information content (AvgIpc) is 2.60. The molecular formula is C18H20ClF3N2O3. The monoisotopic (exact) mass is 404 g/mol. The van der Waals surface area contributed by atoms with Crippen molar-refractivity contribution in [2.24, 2.45) is 5.73 Å². The molecule has 0 atom stereocenters. The lowest BCUT2D eigenvalue weighted by molar-refractivity contribution is -0.137. The SMILES string of the molecule is CCOc1ccc(OCC(=O)Nc2cc(CN)cc(C(F)(F)F)c2)cc1.Cl. The first-order chi connectivity index (χ1) is 12.3. The predicted octanol–water partition coefficient (Wildman–Crippen LogP) is 4.00. The van der Waals surface area contributed by atoms with Crippen molar-refractivity contribution < 1.29 is 27.4 Å². The first-order valence-electron chi connectivity index (χ1n) is 7.88. The van der Waals surface area contributed by atoms with Crippen LogP contribution in [0, 0.1) is 0 Å². The Morgan fingerprint density at radius 3 is 2.19 bits per heavy atom. The van der Waals surface area contributed by atoms with E-state index in [0.717, 1.165) is 12.1 Å². The quantitative estimate of drug-likeness (QED) is 0.731. The largest absolute Gasteiger partial charge is 0.494 e. The van der Waals surface area contributed by atoms with E-state index in [4.69, 9.17) is 15.2 Å². The van der Waals surface area contributed by atoms with Gasteiger partial charge in [-0.1, -0.05) is 0 Å². The Bertz CT molecular complexity index is 753. The minimum absolute atomic E-state index is 0. The van der Waals surface area contributed by atoms with Crippen LogP contribution in [0.15, 0.2) is 42.5 Å². The molecule has 0 saturated carbocycles. The summed E-state index contributed by atoms with van der Waals surface area (Å²) in [5.74, 6) is 0.527. The molecule has 2 aromatic carbocycles. The van der Waals surface area contributed by atoms with Crippen LogP contribution in [0.25, 0.3) is 0 Å². The number of alkyl halides is 3. The van der Waals surface area contributed by atoms with E-state index in [2.05, 4.69) is 5.32 Å². The molecule has 0 spiro atoms. The van der Waals surface area contributed by atoms with Crippen LogP contribution in [-0.2, 0) is 17.5 Å². The topological polar surface area (TPSA) is 73.6 Å². The summed E-state index contributed by atoms with van der Waals surface area (Å²) in [6, 6.07) is 9.85. The molecule has 5 nitrogen and oxygen atoms in total. The maximum absolute atomic E-state index is 12.9. The Hall–Kier alpha value is -2.45. The number of hydrogen-bond donors (Lipinski definition) is 2. The molecule has 0 unspecified atom stereocenters. The highest BCUT2D eigenvalue weighted by Gasteiger charge is 2.31. The van der Waals surface area contributed by atoms with Gasteiger partial charge >= 0.3 is 6.18 Å². The van der Waals surface area contributed by atoms with Gasteiger partial charge in [-0.15, -0.1) is 12.4 Å². The number of rotatable bonds is 7. The highest BCUT2D eigenvalue weighted by atomic mass is 35.5. The Kier molecular flexibility index (Phi) is 8.39. The molecule has 2 aromatic rings. The third-order valence-electron chi connectivity index (χ3n) is 3.34. The smallest absolute Gasteiger partial charge is 0.416 e. The summed E-state index contributed by atoms with van der Waals surface area (Å²) in [7, 11) is 0. The third kappa shape index (κ3) is 6.99. The molecule has 148 valence electrons. The fraction of sp³-hybridized carbons (Fsp3) is 0.278. The molecule has 0 radical (unpaired) electrons. The second-order valence-corrected chi connectivity index (χ2v) is 5.36. The number of ether oxygens (including phenoxy) is 2. The van der Waals surface area contributed by atoms with Gasteiger partial charge in [-0.25, -0.2) is 0 Å². The molecule has 0 aliphatic heterocycles. The molecule has 27 heavy (non-hydrogen) atoms. The van der Waals surface area contributed by atoms with Crippen LogP contribution in [0.3, 0.4) is 0 Å². The van der Waals surface area contributed by atoms with Crippen LogP contribution < -0.4 is 20.5 Å². The zero-order valence-corrected chi connectivity index (χ0v) is 15.3. The normalized spacial score (nSPS) is 10.7. The van der Waals surface area contributed by atoms with Gasteiger partial charge in [-0.2, -0.15) is 13.2 Å². The minimum Gasteiger partial charge on any atom is -0.494 e. The third-order valence-corrected chi connectivity index (χ3v) is 3.34. The first-order valence-corrected chi connectivity index (χ1v) is 7.88. The maximum Gasteiger partial charge on any atom is 0.416 e. The van der Waals surface area contributed by atoms with Crippen molar-refractivity contribution in [1.82, 2.24) is 0 Å². The van der Waals surface area contributed by atoms with Gasteiger partial charge in [0.2, 0.25) is 0 Å². The van der Waals surface area contributed by atoms with Crippen LogP contribution in [0.2, 0.25) is 0 Å². The van der Waals surface area contributed by atoms with E-state index in [1.165, 1.54) is 6.07 Å². The van der Waals surface area contributed by atoms with Crippen LogP contribution in [0.1, 0.15) is 18.1 Å². The molecule has 0 aromatic heterocycles. The first kappa shape index (κ1) is 22.6. The van der Waals surface area contributed by atoms with E-state index in [9.17, 15) is 18.0 Å². The molecule has 0 aliphatic rings. The van der Waals surface area contributed by atoms with Crippen LogP contribution in [0.4, 0.5) is 18.9 Å². The van der Waals surface area contributed by atoms with Gasteiger partial charge in [0.25, 0.3) is 5.91 Å². The van der Waals surface area contributed by atoms with Gasteiger partial charge in [0.15, 0.2) is 6.61 Å². The van der Waals surface area contributed by atoms with Crippen molar-refractivity contribution in [2.45, 2.75) is 19.6 Å². The Morgan fingerprint density at radius 2 is 1.67 bits per heavy atom. The Labute approximate surface area is 161 Å². The Balaban J connectivity index is 0.00000364. The second kappa shape index (κ2) is 10.0. The highest BCUT2D eigenvalue weighted by molar-refractivity contribution is 5.92. The molecule has 0 bridgehead atoms. The minimum atomic E-state index is -4.52. The van der Waals surface area contributed by atoms with Gasteiger partial charge in [-0.3, -0.25) is 4.79 Å². The van der Waals surface area contributed by atoms with Gasteiger partial charge in [0.1, 0.15) is 11.5 Å². The number of benzene rings is 2. The molecule has 1 amide bonds. The van der Waals surface area contributed by atoms with Gasteiger partial charge in [0, 0.05) is 12.2 Å². The lowest BCUT2D eigenvalue weighted by atomic mass is 10.1. The molecule has 2 rings (SSSR count). The summed E-state index contributed by atoms with van der Waals surface area (Å²) in [4.78, 5) is 11.9. The van der Waals surface area contributed by atoms with E-state index in [1.807, 2.05) is 6.92 Å². The summed E-state index contributed by atoms with van der Waals surface area (Å²) < 4.78 is 49.3. The van der Waals surface area contributed by atoms with Gasteiger partial charge < -0.3 is 20.5 Å². The van der Waals surface area contributed by atoms with Gasteiger partial charge in [0.05, 0.1) is 12.2 Å².